The molecular weight excluding hydrogens is 865 g/mol. The third kappa shape index (κ3) is 18.3. The summed E-state index contributed by atoms with van der Waals surface area (Å²) >= 11 is 12.3. The van der Waals surface area contributed by atoms with Gasteiger partial charge in [-0.05, 0) is 105 Å². The summed E-state index contributed by atoms with van der Waals surface area (Å²) in [6.45, 7) is 23.1. The van der Waals surface area contributed by atoms with Crippen molar-refractivity contribution in [3.05, 3.63) is 85.4 Å². The van der Waals surface area contributed by atoms with Crippen molar-refractivity contribution in [1.82, 2.24) is 0 Å². The molecule has 3 rings (SSSR count). The van der Waals surface area contributed by atoms with Gasteiger partial charge in [0, 0.05) is 10.0 Å². The average molecular weight is 919 g/mol. The second kappa shape index (κ2) is 25.6. The Bertz CT molecular complexity index is 2040. The molecule has 0 bridgehead atoms. The van der Waals surface area contributed by atoms with E-state index < -0.39 is 30.1 Å². The fourth-order valence-electron chi connectivity index (χ4n) is 5.33. The summed E-state index contributed by atoms with van der Waals surface area (Å²) in [5.41, 5.74) is 4.77. The first kappa shape index (κ1) is 61.0. The van der Waals surface area contributed by atoms with Gasteiger partial charge < -0.3 is 0 Å². The topological polar surface area (TPSA) is 204 Å². The number of hydrogen-bond acceptors (Lipinski definition) is 7. The third-order valence-corrected chi connectivity index (χ3v) is 11.8. The Morgan fingerprint density at radius 3 is 0.873 bits per heavy atom. The van der Waals surface area contributed by atoms with Crippen molar-refractivity contribution in [2.45, 2.75) is 133 Å². The Labute approximate surface area is 448 Å². The van der Waals surface area contributed by atoms with Crippen LogP contribution in [0.15, 0.2) is 51.1 Å². The number of benzene rings is 3. The molecule has 0 radical (unpaired) electrons. The van der Waals surface area contributed by atoms with Crippen molar-refractivity contribution in [2.75, 3.05) is 0 Å². The second-order valence-electron chi connectivity index (χ2n) is 14.5. The van der Waals surface area contributed by atoms with Crippen LogP contribution in [0, 0.1) is 11.3 Å². The number of sulfonamides is 3. The monoisotopic (exact) mass is 917 g/mol. The van der Waals surface area contributed by atoms with Crippen LogP contribution in [-0.2, 0) is 30.1 Å². The molecule has 6 N–H and O–H groups in total. The fourth-order valence-corrected chi connectivity index (χ4v) is 8.86. The summed E-state index contributed by atoms with van der Waals surface area (Å²) in [5, 5.41) is 26.1. The van der Waals surface area contributed by atoms with Gasteiger partial charge in [0.1, 0.15) is 0 Å². The molecule has 0 aliphatic carbocycles. The van der Waals surface area contributed by atoms with E-state index in [4.69, 9.17) is 43.9 Å². The second-order valence-corrected chi connectivity index (χ2v) is 19.9. The van der Waals surface area contributed by atoms with Crippen molar-refractivity contribution in [2.24, 2.45) is 15.4 Å². The summed E-state index contributed by atoms with van der Waals surface area (Å²) < 4.78 is 69.6. The first-order valence-electron chi connectivity index (χ1n) is 16.8. The third-order valence-electron chi connectivity index (χ3n) is 8.21. The molecule has 0 amide bonds. The van der Waals surface area contributed by atoms with E-state index in [1.165, 1.54) is 6.07 Å². The quantitative estimate of drug-likeness (QED) is 0.249. The molecule has 0 atom stereocenters. The fraction of sp³-hybridized carbons (Fsp3) is 0.486. The van der Waals surface area contributed by atoms with Gasteiger partial charge in [0.2, 0.25) is 30.1 Å². The van der Waals surface area contributed by atoms with Crippen molar-refractivity contribution in [1.29, 1.82) is 5.26 Å². The smallest absolute Gasteiger partial charge is 0.225 e. The molecule has 0 spiro atoms. The molecule has 0 fully saturated rings. The summed E-state index contributed by atoms with van der Waals surface area (Å²) in [6, 6.07) is 11.9. The Hall–Kier alpha value is 1.73. The van der Waals surface area contributed by atoms with E-state index in [9.17, 15) is 25.3 Å². The van der Waals surface area contributed by atoms with E-state index in [2.05, 4.69) is 6.07 Å². The van der Waals surface area contributed by atoms with Gasteiger partial charge in [0.25, 0.3) is 0 Å². The minimum atomic E-state index is -3.77. The number of nitriles is 1. The normalized spacial score (nSPS) is 11.6. The molecule has 3 aromatic rings. The van der Waals surface area contributed by atoms with Crippen LogP contribution in [0.25, 0.3) is 0 Å². The zero-order chi connectivity index (χ0) is 40.8. The minimum Gasteiger partial charge on any atom is -0.225 e. The Morgan fingerprint density at radius 1 is 0.455 bits per heavy atom. The minimum absolute atomic E-state index is 0. The van der Waals surface area contributed by atoms with Crippen LogP contribution in [0.3, 0.4) is 0 Å². The van der Waals surface area contributed by atoms with Crippen molar-refractivity contribution < 1.29 is 158 Å². The van der Waals surface area contributed by atoms with Crippen LogP contribution < -0.4 is 148 Å². The molecule has 290 valence electrons. The van der Waals surface area contributed by atoms with Gasteiger partial charge >= 0.3 is 132 Å². The standard InChI is InChI=1S/C13H18N2O2S.2C12H18ClNO2S.2K.Na/c1-8(2)11-6-13(18(15,16)17)12(9(3)4)5-10(11)7-14;2*1-7(2)9-6-12(17(14,15)16)10(8(3)4)5-11(9)13;;;/h5-6,8-9H,1-4H3,(H2,15,16,17);2*5-8H,1-4H3,(H2,14,15,16);;;/q;;;3*+1. The van der Waals surface area contributed by atoms with E-state index in [0.29, 0.717) is 37.9 Å². The Balaban J connectivity index is -0.000000718. The van der Waals surface area contributed by atoms with Gasteiger partial charge in [-0.2, -0.15) is 5.26 Å². The molecule has 0 aromatic heterocycles. The number of halogens is 2. The van der Waals surface area contributed by atoms with Gasteiger partial charge in [-0.1, -0.05) is 106 Å². The van der Waals surface area contributed by atoms with Gasteiger partial charge in [-0.25, -0.2) is 40.7 Å². The molecule has 0 heterocycles. The molecule has 0 saturated carbocycles. The Morgan fingerprint density at radius 2 is 0.673 bits per heavy atom. The van der Waals surface area contributed by atoms with Crippen LogP contribution in [0.5, 0.6) is 0 Å². The molecule has 0 aliphatic heterocycles. The van der Waals surface area contributed by atoms with Gasteiger partial charge in [-0.3, -0.25) is 0 Å². The van der Waals surface area contributed by atoms with Gasteiger partial charge in [0.15, 0.2) is 0 Å². The molecule has 0 unspecified atom stereocenters. The summed E-state index contributed by atoms with van der Waals surface area (Å²) in [7, 11) is -11.2. The molecule has 55 heavy (non-hydrogen) atoms. The maximum absolute atomic E-state index is 11.6. The average Bonchev–Trinajstić information content (AvgIpc) is 2.98. The van der Waals surface area contributed by atoms with Crippen LogP contribution in [-0.4, -0.2) is 25.3 Å². The van der Waals surface area contributed by atoms with E-state index in [-0.39, 0.29) is 183 Å². The maximum atomic E-state index is 11.6. The molecule has 18 heteroatoms. The van der Waals surface area contributed by atoms with Crippen molar-refractivity contribution in [3.8, 4) is 6.07 Å². The summed E-state index contributed by atoms with van der Waals surface area (Å²) in [4.78, 5) is 0.487. The zero-order valence-electron chi connectivity index (χ0n) is 35.0. The summed E-state index contributed by atoms with van der Waals surface area (Å²) in [6.07, 6.45) is 0. The number of rotatable bonds is 9. The summed E-state index contributed by atoms with van der Waals surface area (Å²) in [5.74, 6) is 0.491. The first-order valence-corrected chi connectivity index (χ1v) is 22.2. The predicted octanol–water partition coefficient (Wildman–Crippen LogP) is -0.0671. The van der Waals surface area contributed by atoms with Crippen LogP contribution >= 0.6 is 23.2 Å². The van der Waals surface area contributed by atoms with Crippen LogP contribution in [0.1, 0.15) is 158 Å². The molecular formula is C37H54Cl2K2N4NaO6S3+3. The molecule has 3 aromatic carbocycles. The van der Waals surface area contributed by atoms with Gasteiger partial charge in [-0.15, -0.1) is 0 Å². The molecule has 0 saturated heterocycles. The van der Waals surface area contributed by atoms with Crippen molar-refractivity contribution in [3.63, 3.8) is 0 Å². The number of primary sulfonamides is 3. The van der Waals surface area contributed by atoms with Crippen LogP contribution in [0.4, 0.5) is 0 Å². The zero-order valence-corrected chi connectivity index (χ0v) is 47.2. The number of nitrogens with two attached hydrogens (primary N) is 3. The number of nitrogens with zero attached hydrogens (tertiary/aromatic N) is 1. The van der Waals surface area contributed by atoms with E-state index in [0.717, 1.165) is 11.1 Å². The number of hydrogen-bond donors (Lipinski definition) is 3. The molecule has 10 nitrogen and oxygen atoms in total. The van der Waals surface area contributed by atoms with Crippen LogP contribution in [0.2, 0.25) is 10.0 Å². The molecule has 0 aliphatic rings. The maximum Gasteiger partial charge on any atom is 1.00 e. The SMILES string of the molecule is CC(C)c1cc(S(N)(=O)=O)c(C(C)C)cc1C#N.CC(C)c1cc(S(N)(=O)=O)c(C(C)C)cc1Cl.CC(C)c1cc(S(N)(=O)=O)c(C(C)C)cc1Cl.[K+].[K+].[Na+]. The van der Waals surface area contributed by atoms with Crippen molar-refractivity contribution >= 4 is 53.3 Å². The van der Waals surface area contributed by atoms with E-state index >= 15 is 0 Å². The largest absolute Gasteiger partial charge is 1.00 e. The van der Waals surface area contributed by atoms with Gasteiger partial charge in [0.05, 0.1) is 26.3 Å². The van der Waals surface area contributed by atoms with E-state index in [1.54, 1.807) is 30.3 Å². The first-order chi connectivity index (χ1) is 23.5. The van der Waals surface area contributed by atoms with E-state index in [1.807, 2.05) is 83.1 Å². The Kier molecular flexibility index (Phi) is 28.4. The predicted molar refractivity (Wildman–Crippen MR) is 213 cm³/mol.